The molecule has 2 aromatic rings. The number of ether oxygens (including phenoxy) is 2. The standard InChI is InChI=1S/C20H21N3O5/c1-27-17-5-3-4-16(11-17)23-12-15(10-18(23)24)22-20(26)21-14-8-6-13(7-9-14)19(25)28-2/h3-9,11,15H,10,12H2,1-2H3,(H2,21,22,26)/t15-/m0/s1. The van der Waals surface area contributed by atoms with Gasteiger partial charge in [0.15, 0.2) is 0 Å². The maximum absolute atomic E-state index is 12.3. The van der Waals surface area contributed by atoms with Crippen LogP contribution >= 0.6 is 0 Å². The third-order valence-corrected chi connectivity index (χ3v) is 4.39. The summed E-state index contributed by atoms with van der Waals surface area (Å²) >= 11 is 0. The summed E-state index contributed by atoms with van der Waals surface area (Å²) in [6.07, 6.45) is 0.214. The third kappa shape index (κ3) is 4.40. The largest absolute Gasteiger partial charge is 0.497 e. The number of amides is 3. The number of hydrogen-bond acceptors (Lipinski definition) is 5. The number of methoxy groups -OCH3 is 2. The second-order valence-corrected chi connectivity index (χ2v) is 6.27. The van der Waals surface area contributed by atoms with Crippen LogP contribution in [0.4, 0.5) is 16.2 Å². The Balaban J connectivity index is 1.57. The van der Waals surface area contributed by atoms with E-state index in [4.69, 9.17) is 4.74 Å². The van der Waals surface area contributed by atoms with Gasteiger partial charge in [-0.1, -0.05) is 6.07 Å². The summed E-state index contributed by atoms with van der Waals surface area (Å²) in [5, 5.41) is 5.49. The van der Waals surface area contributed by atoms with Gasteiger partial charge in [0.2, 0.25) is 5.91 Å². The Morgan fingerprint density at radius 2 is 1.86 bits per heavy atom. The first-order valence-electron chi connectivity index (χ1n) is 8.70. The van der Waals surface area contributed by atoms with Crippen molar-refractivity contribution in [1.29, 1.82) is 0 Å². The number of esters is 1. The first-order chi connectivity index (χ1) is 13.5. The number of carbonyl (C=O) groups is 3. The fraction of sp³-hybridized carbons (Fsp3) is 0.250. The molecule has 3 amide bonds. The van der Waals surface area contributed by atoms with Gasteiger partial charge >= 0.3 is 12.0 Å². The highest BCUT2D eigenvalue weighted by Crippen LogP contribution is 2.25. The molecule has 28 heavy (non-hydrogen) atoms. The van der Waals surface area contributed by atoms with Crippen LogP contribution in [0.2, 0.25) is 0 Å². The van der Waals surface area contributed by atoms with Gasteiger partial charge in [0.05, 0.1) is 25.8 Å². The van der Waals surface area contributed by atoms with Crippen LogP contribution in [-0.2, 0) is 9.53 Å². The van der Waals surface area contributed by atoms with E-state index in [1.165, 1.54) is 7.11 Å². The normalized spacial score (nSPS) is 15.9. The molecular weight excluding hydrogens is 362 g/mol. The predicted octanol–water partition coefficient (Wildman–Crippen LogP) is 2.41. The second-order valence-electron chi connectivity index (χ2n) is 6.27. The van der Waals surface area contributed by atoms with Crippen LogP contribution < -0.4 is 20.3 Å². The molecule has 3 rings (SSSR count). The smallest absolute Gasteiger partial charge is 0.337 e. The molecule has 146 valence electrons. The summed E-state index contributed by atoms with van der Waals surface area (Å²) in [4.78, 5) is 37.6. The van der Waals surface area contributed by atoms with E-state index in [1.54, 1.807) is 48.4 Å². The average Bonchev–Trinajstić information content (AvgIpc) is 3.07. The van der Waals surface area contributed by atoms with Crippen molar-refractivity contribution in [2.75, 3.05) is 31.0 Å². The van der Waals surface area contributed by atoms with Crippen LogP contribution in [0.25, 0.3) is 0 Å². The lowest BCUT2D eigenvalue weighted by molar-refractivity contribution is -0.117. The van der Waals surface area contributed by atoms with Gasteiger partial charge < -0.3 is 25.0 Å². The molecule has 0 aliphatic carbocycles. The number of nitrogens with zero attached hydrogens (tertiary/aromatic N) is 1. The van der Waals surface area contributed by atoms with Crippen molar-refractivity contribution in [3.63, 3.8) is 0 Å². The van der Waals surface area contributed by atoms with Crippen molar-refractivity contribution in [3.8, 4) is 5.75 Å². The van der Waals surface area contributed by atoms with Gasteiger partial charge in [0.25, 0.3) is 0 Å². The number of anilines is 2. The molecule has 1 aliphatic heterocycles. The van der Waals surface area contributed by atoms with Gasteiger partial charge in [-0.25, -0.2) is 9.59 Å². The molecule has 1 aliphatic rings. The van der Waals surface area contributed by atoms with Crippen molar-refractivity contribution in [2.45, 2.75) is 12.5 Å². The molecule has 8 nitrogen and oxygen atoms in total. The Labute approximate surface area is 162 Å². The molecule has 1 fully saturated rings. The zero-order valence-corrected chi connectivity index (χ0v) is 15.6. The summed E-state index contributed by atoms with van der Waals surface area (Å²) < 4.78 is 9.83. The van der Waals surface area contributed by atoms with E-state index in [0.717, 1.165) is 5.69 Å². The molecule has 1 heterocycles. The van der Waals surface area contributed by atoms with Crippen molar-refractivity contribution < 1.29 is 23.9 Å². The molecule has 8 heteroatoms. The Kier molecular flexibility index (Phi) is 5.78. The van der Waals surface area contributed by atoms with Gasteiger partial charge in [-0.3, -0.25) is 4.79 Å². The van der Waals surface area contributed by atoms with E-state index in [9.17, 15) is 14.4 Å². The zero-order valence-electron chi connectivity index (χ0n) is 15.6. The summed E-state index contributed by atoms with van der Waals surface area (Å²) in [7, 11) is 2.87. The van der Waals surface area contributed by atoms with E-state index in [1.807, 2.05) is 12.1 Å². The number of benzene rings is 2. The lowest BCUT2D eigenvalue weighted by atomic mass is 10.2. The number of nitrogens with one attached hydrogen (secondary N) is 2. The minimum absolute atomic E-state index is 0.0685. The third-order valence-electron chi connectivity index (χ3n) is 4.39. The van der Waals surface area contributed by atoms with E-state index in [0.29, 0.717) is 23.5 Å². The fourth-order valence-corrected chi connectivity index (χ4v) is 2.99. The van der Waals surface area contributed by atoms with Crippen molar-refractivity contribution in [2.24, 2.45) is 0 Å². The number of hydrogen-bond donors (Lipinski definition) is 2. The number of rotatable bonds is 5. The van der Waals surface area contributed by atoms with Crippen LogP contribution in [0.3, 0.4) is 0 Å². The molecule has 0 unspecified atom stereocenters. The van der Waals surface area contributed by atoms with E-state index in [2.05, 4.69) is 15.4 Å². The first kappa shape index (κ1) is 19.2. The van der Waals surface area contributed by atoms with E-state index < -0.39 is 12.0 Å². The van der Waals surface area contributed by atoms with Crippen LogP contribution in [0.5, 0.6) is 5.75 Å². The summed E-state index contributed by atoms with van der Waals surface area (Å²) in [5.41, 5.74) is 1.65. The Bertz CT molecular complexity index is 882. The van der Waals surface area contributed by atoms with Crippen LogP contribution in [-0.4, -0.2) is 44.7 Å². The minimum atomic E-state index is -0.446. The monoisotopic (exact) mass is 383 g/mol. The summed E-state index contributed by atoms with van der Waals surface area (Å²) in [6, 6.07) is 12.8. The number of urea groups is 1. The molecule has 2 aromatic carbocycles. The van der Waals surface area contributed by atoms with Crippen molar-refractivity contribution in [1.82, 2.24) is 5.32 Å². The molecule has 2 N–H and O–H groups in total. The minimum Gasteiger partial charge on any atom is -0.497 e. The van der Waals surface area contributed by atoms with Gasteiger partial charge in [-0.05, 0) is 36.4 Å². The molecule has 0 radical (unpaired) electrons. The van der Waals surface area contributed by atoms with Crippen molar-refractivity contribution >= 4 is 29.3 Å². The SMILES string of the molecule is COC(=O)c1ccc(NC(=O)N[C@H]2CC(=O)N(c3cccc(OC)c3)C2)cc1. The number of carbonyl (C=O) groups excluding carboxylic acids is 3. The van der Waals surface area contributed by atoms with E-state index in [-0.39, 0.29) is 18.4 Å². The van der Waals surface area contributed by atoms with Crippen molar-refractivity contribution in [3.05, 3.63) is 54.1 Å². The predicted molar refractivity (Wildman–Crippen MR) is 104 cm³/mol. The molecule has 0 aromatic heterocycles. The highest BCUT2D eigenvalue weighted by molar-refractivity contribution is 5.98. The highest BCUT2D eigenvalue weighted by Gasteiger charge is 2.31. The Hall–Kier alpha value is -3.55. The lowest BCUT2D eigenvalue weighted by Gasteiger charge is -2.18. The van der Waals surface area contributed by atoms with Crippen LogP contribution in [0, 0.1) is 0 Å². The topological polar surface area (TPSA) is 97.0 Å². The van der Waals surface area contributed by atoms with Gasteiger partial charge in [0, 0.05) is 30.4 Å². The zero-order chi connectivity index (χ0) is 20.1. The van der Waals surface area contributed by atoms with Crippen LogP contribution in [0.1, 0.15) is 16.8 Å². The van der Waals surface area contributed by atoms with E-state index >= 15 is 0 Å². The second kappa shape index (κ2) is 8.43. The average molecular weight is 383 g/mol. The molecule has 0 bridgehead atoms. The molecule has 1 atom stereocenters. The quantitative estimate of drug-likeness (QED) is 0.773. The maximum atomic E-state index is 12.3. The molecule has 0 saturated carbocycles. The molecule has 1 saturated heterocycles. The van der Waals surface area contributed by atoms with Crippen LogP contribution in [0.15, 0.2) is 48.5 Å². The Morgan fingerprint density at radius 1 is 1.11 bits per heavy atom. The lowest BCUT2D eigenvalue weighted by Crippen LogP contribution is -2.39. The molecular formula is C20H21N3O5. The summed E-state index contributed by atoms with van der Waals surface area (Å²) in [6.45, 7) is 0.376. The van der Waals surface area contributed by atoms with Gasteiger partial charge in [-0.2, -0.15) is 0 Å². The first-order valence-corrected chi connectivity index (χ1v) is 8.70. The maximum Gasteiger partial charge on any atom is 0.337 e. The highest BCUT2D eigenvalue weighted by atomic mass is 16.5. The van der Waals surface area contributed by atoms with Gasteiger partial charge in [-0.15, -0.1) is 0 Å². The Morgan fingerprint density at radius 3 is 2.54 bits per heavy atom. The molecule has 0 spiro atoms. The van der Waals surface area contributed by atoms with Gasteiger partial charge in [0.1, 0.15) is 5.75 Å². The summed E-state index contributed by atoms with van der Waals surface area (Å²) in [5.74, 6) is 0.147. The fourth-order valence-electron chi connectivity index (χ4n) is 2.99.